The molecule has 0 spiro atoms. The molecule has 3 aliphatic rings. The summed E-state index contributed by atoms with van der Waals surface area (Å²) in [6.45, 7) is 2.02. The van der Waals surface area contributed by atoms with Crippen LogP contribution in [-0.4, -0.2) is 42.7 Å². The molecule has 6 N–H and O–H groups in total. The fourth-order valence-electron chi connectivity index (χ4n) is 3.12. The first-order valence-corrected chi connectivity index (χ1v) is 7.17. The molecule has 1 saturated carbocycles. The Morgan fingerprint density at radius 2 is 2.26 bits per heavy atom. The fraction of sp³-hybridized carbons (Fsp3) is 0.769. The van der Waals surface area contributed by atoms with Crippen LogP contribution in [0.3, 0.4) is 0 Å². The Hall–Kier alpha value is -1.27. The first-order chi connectivity index (χ1) is 9.10. The van der Waals surface area contributed by atoms with Crippen LogP contribution in [0.15, 0.2) is 16.9 Å². The molecule has 0 bridgehead atoms. The summed E-state index contributed by atoms with van der Waals surface area (Å²) in [7, 11) is 2.01. The van der Waals surface area contributed by atoms with Crippen LogP contribution < -0.4 is 22.1 Å². The van der Waals surface area contributed by atoms with E-state index in [4.69, 9.17) is 11.5 Å². The number of guanidine groups is 1. The zero-order valence-electron chi connectivity index (χ0n) is 11.5. The van der Waals surface area contributed by atoms with E-state index in [2.05, 4.69) is 26.6 Å². The molecule has 0 aromatic carbocycles. The van der Waals surface area contributed by atoms with Gasteiger partial charge in [0.2, 0.25) is 0 Å². The van der Waals surface area contributed by atoms with E-state index < -0.39 is 5.66 Å². The molecule has 0 amide bonds. The Morgan fingerprint density at radius 3 is 2.84 bits per heavy atom. The number of likely N-dealkylation sites (N-methyl/N-ethyl adjacent to an activating group) is 1. The molecule has 106 valence electrons. The predicted octanol–water partition coefficient (Wildman–Crippen LogP) is -0.505. The minimum atomic E-state index is -0.610. The van der Waals surface area contributed by atoms with E-state index in [0.717, 1.165) is 38.2 Å². The zero-order chi connectivity index (χ0) is 13.5. The lowest BCUT2D eigenvalue weighted by molar-refractivity contribution is 0.205. The largest absolute Gasteiger partial charge is 0.370 e. The van der Waals surface area contributed by atoms with E-state index >= 15 is 0 Å². The Morgan fingerprint density at radius 1 is 1.47 bits per heavy atom. The van der Waals surface area contributed by atoms with Gasteiger partial charge in [-0.3, -0.25) is 0 Å². The molecule has 2 heterocycles. The van der Waals surface area contributed by atoms with Crippen molar-refractivity contribution in [1.29, 1.82) is 0 Å². The third-order valence-corrected chi connectivity index (χ3v) is 4.63. The van der Waals surface area contributed by atoms with Gasteiger partial charge in [0.05, 0.1) is 0 Å². The first kappa shape index (κ1) is 12.7. The average Bonchev–Trinajstić information content (AvgIpc) is 2.72. The Labute approximate surface area is 114 Å². The van der Waals surface area contributed by atoms with Gasteiger partial charge in [-0.05, 0) is 32.4 Å². The molecule has 1 unspecified atom stereocenters. The summed E-state index contributed by atoms with van der Waals surface area (Å²) in [6.07, 6.45) is 6.77. The van der Waals surface area contributed by atoms with Crippen LogP contribution in [-0.2, 0) is 0 Å². The monoisotopic (exact) mass is 264 g/mol. The molecule has 2 fully saturated rings. The minimum Gasteiger partial charge on any atom is -0.370 e. The average molecular weight is 264 g/mol. The van der Waals surface area contributed by atoms with Crippen LogP contribution in [0.2, 0.25) is 0 Å². The number of likely N-dealkylation sites (tertiary alicyclic amines) is 1. The number of rotatable bonds is 3. The van der Waals surface area contributed by atoms with Gasteiger partial charge in [-0.2, -0.15) is 0 Å². The number of nitrogens with two attached hydrogens (primary N) is 2. The van der Waals surface area contributed by atoms with Crippen molar-refractivity contribution in [3.05, 3.63) is 11.9 Å². The highest BCUT2D eigenvalue weighted by atomic mass is 15.3. The number of nitrogens with one attached hydrogen (secondary N) is 2. The third kappa shape index (κ3) is 2.30. The van der Waals surface area contributed by atoms with Crippen molar-refractivity contribution in [3.8, 4) is 0 Å². The van der Waals surface area contributed by atoms with Gasteiger partial charge in [0.1, 0.15) is 11.5 Å². The summed E-state index contributed by atoms with van der Waals surface area (Å²) in [5.41, 5.74) is 11.8. The number of nitrogens with zero attached hydrogens (tertiary/aromatic N) is 2. The smallest absolute Gasteiger partial charge is 0.196 e. The highest BCUT2D eigenvalue weighted by Crippen LogP contribution is 2.38. The van der Waals surface area contributed by atoms with Crippen LogP contribution in [0.5, 0.6) is 0 Å². The fourth-order valence-corrected chi connectivity index (χ4v) is 3.12. The molecular formula is C13H24N6. The molecule has 0 radical (unpaired) electrons. The van der Waals surface area contributed by atoms with Gasteiger partial charge in [0, 0.05) is 25.0 Å². The van der Waals surface area contributed by atoms with Crippen molar-refractivity contribution in [1.82, 2.24) is 15.5 Å². The Kier molecular flexibility index (Phi) is 3.14. The lowest BCUT2D eigenvalue weighted by atomic mass is 9.75. The molecule has 0 aromatic rings. The van der Waals surface area contributed by atoms with Crippen molar-refractivity contribution in [3.63, 3.8) is 0 Å². The van der Waals surface area contributed by atoms with Crippen LogP contribution in [0, 0.1) is 5.92 Å². The SMILES string of the molecule is CN[C@@H]1CCN(C2=CC(N)(C3CCC3)N=C(N)N2)C1. The second-order valence-electron chi connectivity index (χ2n) is 5.89. The predicted molar refractivity (Wildman–Crippen MR) is 76.1 cm³/mol. The van der Waals surface area contributed by atoms with Gasteiger partial charge >= 0.3 is 0 Å². The van der Waals surface area contributed by atoms with Crippen LogP contribution in [0.25, 0.3) is 0 Å². The summed E-state index contributed by atoms with van der Waals surface area (Å²) in [5.74, 6) is 1.91. The molecular weight excluding hydrogens is 240 g/mol. The summed E-state index contributed by atoms with van der Waals surface area (Å²) in [5, 5.41) is 6.49. The second-order valence-corrected chi connectivity index (χ2v) is 5.89. The van der Waals surface area contributed by atoms with Gasteiger partial charge < -0.3 is 27.0 Å². The molecule has 1 saturated heterocycles. The van der Waals surface area contributed by atoms with Crippen molar-refractivity contribution in [2.24, 2.45) is 22.4 Å². The van der Waals surface area contributed by atoms with E-state index in [0.29, 0.717) is 17.9 Å². The maximum absolute atomic E-state index is 6.45. The molecule has 3 rings (SSSR count). The quantitative estimate of drug-likeness (QED) is 0.551. The molecule has 6 nitrogen and oxygen atoms in total. The van der Waals surface area contributed by atoms with E-state index in [-0.39, 0.29) is 0 Å². The van der Waals surface area contributed by atoms with Gasteiger partial charge in [-0.25, -0.2) is 4.99 Å². The molecule has 6 heteroatoms. The van der Waals surface area contributed by atoms with E-state index in [1.165, 1.54) is 6.42 Å². The lowest BCUT2D eigenvalue weighted by Gasteiger charge is -2.41. The molecule has 1 aliphatic carbocycles. The van der Waals surface area contributed by atoms with Crippen LogP contribution >= 0.6 is 0 Å². The van der Waals surface area contributed by atoms with Crippen molar-refractivity contribution in [2.45, 2.75) is 37.4 Å². The van der Waals surface area contributed by atoms with Crippen molar-refractivity contribution >= 4 is 5.96 Å². The van der Waals surface area contributed by atoms with Gasteiger partial charge in [-0.1, -0.05) is 6.42 Å². The summed E-state index contributed by atoms with van der Waals surface area (Å²) < 4.78 is 0. The Balaban J connectivity index is 1.78. The normalized spacial score (nSPS) is 35.5. The third-order valence-electron chi connectivity index (χ3n) is 4.63. The van der Waals surface area contributed by atoms with Crippen LogP contribution in [0.1, 0.15) is 25.7 Å². The van der Waals surface area contributed by atoms with Gasteiger partial charge in [-0.15, -0.1) is 0 Å². The van der Waals surface area contributed by atoms with Gasteiger partial charge in [0.15, 0.2) is 5.96 Å². The van der Waals surface area contributed by atoms with Crippen molar-refractivity contribution < 1.29 is 0 Å². The molecule has 2 aliphatic heterocycles. The molecule has 19 heavy (non-hydrogen) atoms. The maximum Gasteiger partial charge on any atom is 0.196 e. The number of aliphatic imine (C=N–C) groups is 1. The topological polar surface area (TPSA) is 91.7 Å². The highest BCUT2D eigenvalue weighted by Gasteiger charge is 2.40. The van der Waals surface area contributed by atoms with E-state index in [9.17, 15) is 0 Å². The summed E-state index contributed by atoms with van der Waals surface area (Å²) in [6, 6.07) is 0.540. The summed E-state index contributed by atoms with van der Waals surface area (Å²) in [4.78, 5) is 6.75. The standard InChI is InChI=1S/C13H24N6/c1-16-10-5-6-19(8-10)11-7-13(15,9-3-2-4-9)18-12(14)17-11/h7,9-10,16H,2-6,8,15H2,1H3,(H3,14,17,18)/t10-,13?/m1/s1. The molecule has 2 atom stereocenters. The van der Waals surface area contributed by atoms with Crippen molar-refractivity contribution in [2.75, 3.05) is 20.1 Å². The van der Waals surface area contributed by atoms with Crippen LogP contribution in [0.4, 0.5) is 0 Å². The molecule has 0 aromatic heterocycles. The zero-order valence-corrected chi connectivity index (χ0v) is 11.5. The lowest BCUT2D eigenvalue weighted by Crippen LogP contribution is -2.54. The van der Waals surface area contributed by atoms with E-state index in [1.807, 2.05) is 7.05 Å². The Bertz CT molecular complexity index is 413. The minimum absolute atomic E-state index is 0.436. The van der Waals surface area contributed by atoms with Gasteiger partial charge in [0.25, 0.3) is 0 Å². The first-order valence-electron chi connectivity index (χ1n) is 7.17. The highest BCUT2D eigenvalue weighted by molar-refractivity contribution is 5.81. The van der Waals surface area contributed by atoms with E-state index in [1.54, 1.807) is 0 Å². The summed E-state index contributed by atoms with van der Waals surface area (Å²) >= 11 is 0. The number of hydrogen-bond donors (Lipinski definition) is 4. The maximum atomic E-state index is 6.45. The second kappa shape index (κ2) is 4.68. The number of hydrogen-bond acceptors (Lipinski definition) is 6.